The maximum atomic E-state index is 4.64. The average molecular weight is 300 g/mol. The number of aryl methyl sites for hydroxylation is 1. The molecule has 2 heterocycles. The van der Waals surface area contributed by atoms with Gasteiger partial charge < -0.3 is 4.90 Å². The van der Waals surface area contributed by atoms with E-state index in [1.165, 1.54) is 62.9 Å². The summed E-state index contributed by atoms with van der Waals surface area (Å²) in [6.07, 6.45) is 10.7. The van der Waals surface area contributed by atoms with Crippen LogP contribution in [0.1, 0.15) is 69.5 Å². The molecule has 2 aliphatic carbocycles. The standard InChI is InChI=1S/C18H26N2.C2H6/c1-13-2-5-17(19-12-13)15-6-8-20(9-7-15)18-11-14-3-4-16(18)10-14;1-2/h2,5,12,14-16,18H,3-4,6-11H2,1H3;1-2H3. The zero-order chi connectivity index (χ0) is 15.5. The highest BCUT2D eigenvalue weighted by Crippen LogP contribution is 2.47. The van der Waals surface area contributed by atoms with E-state index >= 15 is 0 Å². The van der Waals surface area contributed by atoms with Crippen LogP contribution in [0.2, 0.25) is 0 Å². The van der Waals surface area contributed by atoms with E-state index in [0.29, 0.717) is 5.92 Å². The molecule has 3 unspecified atom stereocenters. The predicted octanol–water partition coefficient (Wildman–Crippen LogP) is 4.78. The molecule has 0 N–H and O–H groups in total. The number of hydrogen-bond acceptors (Lipinski definition) is 2. The van der Waals surface area contributed by atoms with Crippen molar-refractivity contribution in [1.29, 1.82) is 0 Å². The molecule has 2 nitrogen and oxygen atoms in total. The topological polar surface area (TPSA) is 16.1 Å². The van der Waals surface area contributed by atoms with E-state index in [9.17, 15) is 0 Å². The van der Waals surface area contributed by atoms with Gasteiger partial charge in [0, 0.05) is 23.9 Å². The van der Waals surface area contributed by atoms with Crippen molar-refractivity contribution in [2.45, 2.75) is 71.3 Å². The lowest BCUT2D eigenvalue weighted by atomic mass is 9.88. The molecule has 0 spiro atoms. The summed E-state index contributed by atoms with van der Waals surface area (Å²) in [5.74, 6) is 2.81. The second kappa shape index (κ2) is 7.12. The number of fused-ring (bicyclic) bond motifs is 2. The van der Waals surface area contributed by atoms with Gasteiger partial charge in [-0.15, -0.1) is 0 Å². The highest BCUT2D eigenvalue weighted by atomic mass is 15.2. The van der Waals surface area contributed by atoms with Gasteiger partial charge in [0.2, 0.25) is 0 Å². The minimum atomic E-state index is 0.699. The fourth-order valence-electron chi connectivity index (χ4n) is 4.91. The molecule has 1 aromatic heterocycles. The Morgan fingerprint density at radius 2 is 1.77 bits per heavy atom. The molecule has 0 aromatic carbocycles. The van der Waals surface area contributed by atoms with Gasteiger partial charge in [0.05, 0.1) is 0 Å². The Bertz CT molecular complexity index is 459. The third kappa shape index (κ3) is 3.22. The fourth-order valence-corrected chi connectivity index (χ4v) is 4.91. The van der Waals surface area contributed by atoms with Crippen molar-refractivity contribution in [3.8, 4) is 0 Å². The van der Waals surface area contributed by atoms with E-state index in [0.717, 1.165) is 17.9 Å². The van der Waals surface area contributed by atoms with Gasteiger partial charge in [0.1, 0.15) is 0 Å². The van der Waals surface area contributed by atoms with Gasteiger partial charge in [-0.25, -0.2) is 0 Å². The number of hydrogen-bond donors (Lipinski definition) is 0. The van der Waals surface area contributed by atoms with Gasteiger partial charge in [-0.2, -0.15) is 0 Å². The number of rotatable bonds is 2. The Balaban J connectivity index is 0.000000693. The SMILES string of the molecule is CC.Cc1ccc(C2CCN(C3CC4CCC3C4)CC2)nc1. The maximum absolute atomic E-state index is 4.64. The summed E-state index contributed by atoms with van der Waals surface area (Å²) in [6.45, 7) is 8.72. The largest absolute Gasteiger partial charge is 0.300 e. The quantitative estimate of drug-likeness (QED) is 0.781. The first kappa shape index (κ1) is 16.0. The van der Waals surface area contributed by atoms with Crippen molar-refractivity contribution in [3.63, 3.8) is 0 Å². The molecule has 2 heteroatoms. The molecule has 0 radical (unpaired) electrons. The van der Waals surface area contributed by atoms with Crippen LogP contribution < -0.4 is 0 Å². The Labute approximate surface area is 136 Å². The highest BCUT2D eigenvalue weighted by molar-refractivity contribution is 5.16. The summed E-state index contributed by atoms with van der Waals surface area (Å²) in [5, 5.41) is 0. The van der Waals surface area contributed by atoms with Crippen molar-refractivity contribution in [3.05, 3.63) is 29.6 Å². The third-order valence-electron chi connectivity index (χ3n) is 6.05. The van der Waals surface area contributed by atoms with E-state index in [1.807, 2.05) is 20.0 Å². The van der Waals surface area contributed by atoms with Crippen molar-refractivity contribution in [2.24, 2.45) is 11.8 Å². The molecule has 2 bridgehead atoms. The van der Waals surface area contributed by atoms with Crippen LogP contribution in [-0.4, -0.2) is 29.0 Å². The van der Waals surface area contributed by atoms with Crippen LogP contribution in [0.4, 0.5) is 0 Å². The molecular formula is C20H32N2. The minimum absolute atomic E-state index is 0.699. The zero-order valence-corrected chi connectivity index (χ0v) is 14.6. The van der Waals surface area contributed by atoms with Crippen LogP contribution in [0.25, 0.3) is 0 Å². The first-order valence-electron chi connectivity index (χ1n) is 9.46. The van der Waals surface area contributed by atoms with Crippen LogP contribution in [0.15, 0.2) is 18.3 Å². The number of likely N-dealkylation sites (tertiary alicyclic amines) is 1. The molecule has 3 atom stereocenters. The number of pyridine rings is 1. The van der Waals surface area contributed by atoms with Crippen LogP contribution in [-0.2, 0) is 0 Å². The molecule has 1 saturated heterocycles. The zero-order valence-electron chi connectivity index (χ0n) is 14.6. The predicted molar refractivity (Wildman–Crippen MR) is 93.1 cm³/mol. The number of piperidine rings is 1. The number of nitrogens with zero attached hydrogens (tertiary/aromatic N) is 2. The fraction of sp³-hybridized carbons (Fsp3) is 0.750. The Hall–Kier alpha value is -0.890. The molecular weight excluding hydrogens is 268 g/mol. The molecule has 2 saturated carbocycles. The van der Waals surface area contributed by atoms with Crippen LogP contribution >= 0.6 is 0 Å². The first-order valence-corrected chi connectivity index (χ1v) is 9.46. The van der Waals surface area contributed by atoms with Crippen molar-refractivity contribution < 1.29 is 0 Å². The van der Waals surface area contributed by atoms with E-state index < -0.39 is 0 Å². The Kier molecular flexibility index (Phi) is 5.18. The van der Waals surface area contributed by atoms with Crippen molar-refractivity contribution in [2.75, 3.05) is 13.1 Å². The lowest BCUT2D eigenvalue weighted by molar-refractivity contribution is 0.110. The van der Waals surface area contributed by atoms with Crippen LogP contribution in [0, 0.1) is 18.8 Å². The summed E-state index contributed by atoms with van der Waals surface area (Å²) < 4.78 is 0. The van der Waals surface area contributed by atoms with E-state index in [1.54, 1.807) is 0 Å². The molecule has 4 rings (SSSR count). The lowest BCUT2D eigenvalue weighted by Crippen LogP contribution is -2.43. The molecule has 22 heavy (non-hydrogen) atoms. The third-order valence-corrected chi connectivity index (χ3v) is 6.05. The Morgan fingerprint density at radius 3 is 2.32 bits per heavy atom. The summed E-state index contributed by atoms with van der Waals surface area (Å²) in [5.41, 5.74) is 2.59. The first-order chi connectivity index (χ1) is 10.8. The molecule has 122 valence electrons. The van der Waals surface area contributed by atoms with Gasteiger partial charge in [0.15, 0.2) is 0 Å². The second-order valence-corrected chi connectivity index (χ2v) is 7.31. The monoisotopic (exact) mass is 300 g/mol. The maximum Gasteiger partial charge on any atom is 0.0435 e. The van der Waals surface area contributed by atoms with Crippen molar-refractivity contribution in [1.82, 2.24) is 9.88 Å². The summed E-state index contributed by atoms with van der Waals surface area (Å²) in [7, 11) is 0. The van der Waals surface area contributed by atoms with Crippen molar-refractivity contribution >= 4 is 0 Å². The van der Waals surface area contributed by atoms with Crippen LogP contribution in [0.5, 0.6) is 0 Å². The summed E-state index contributed by atoms with van der Waals surface area (Å²) >= 11 is 0. The number of aromatic nitrogens is 1. The molecule has 1 aliphatic heterocycles. The smallest absolute Gasteiger partial charge is 0.0435 e. The molecule has 3 aliphatic rings. The normalized spacial score (nSPS) is 31.9. The van der Waals surface area contributed by atoms with Crippen LogP contribution in [0.3, 0.4) is 0 Å². The van der Waals surface area contributed by atoms with Gasteiger partial charge in [-0.3, -0.25) is 4.98 Å². The van der Waals surface area contributed by atoms with Gasteiger partial charge >= 0.3 is 0 Å². The van der Waals surface area contributed by atoms with Gasteiger partial charge in [0.25, 0.3) is 0 Å². The van der Waals surface area contributed by atoms with Gasteiger partial charge in [-0.1, -0.05) is 26.3 Å². The summed E-state index contributed by atoms with van der Waals surface area (Å²) in [4.78, 5) is 7.46. The highest BCUT2D eigenvalue weighted by Gasteiger charge is 2.42. The van der Waals surface area contributed by atoms with Gasteiger partial charge in [-0.05, 0) is 75.6 Å². The summed E-state index contributed by atoms with van der Waals surface area (Å²) in [6, 6.07) is 5.39. The lowest BCUT2D eigenvalue weighted by Gasteiger charge is -2.39. The molecule has 0 amide bonds. The van der Waals surface area contributed by atoms with E-state index in [2.05, 4.69) is 28.9 Å². The minimum Gasteiger partial charge on any atom is -0.300 e. The molecule has 3 fully saturated rings. The molecule has 1 aromatic rings. The Morgan fingerprint density at radius 1 is 1.00 bits per heavy atom. The average Bonchev–Trinajstić information content (AvgIpc) is 3.21. The van der Waals surface area contributed by atoms with E-state index in [-0.39, 0.29) is 0 Å². The van der Waals surface area contributed by atoms with E-state index in [4.69, 9.17) is 0 Å². The second-order valence-electron chi connectivity index (χ2n) is 7.31.